The molecule has 0 saturated heterocycles. The highest BCUT2D eigenvalue weighted by molar-refractivity contribution is 6.40. The molecule has 0 heterocycles. The smallest absolute Gasteiger partial charge is 0.322 e. The second kappa shape index (κ2) is 11.0. The largest absolute Gasteiger partial charge is 0.329 e. The third-order valence-electron chi connectivity index (χ3n) is 4.27. The van der Waals surface area contributed by atoms with E-state index in [4.69, 9.17) is 23.2 Å². The van der Waals surface area contributed by atoms with E-state index < -0.39 is 22.6 Å². The molecule has 3 aromatic carbocycles. The van der Waals surface area contributed by atoms with E-state index in [1.165, 1.54) is 24.3 Å². The van der Waals surface area contributed by atoms with Crippen molar-refractivity contribution in [1.82, 2.24) is 5.43 Å². The summed E-state index contributed by atoms with van der Waals surface area (Å²) in [4.78, 5) is 47.2. The minimum atomic E-state index is -1.12. The van der Waals surface area contributed by atoms with Crippen molar-refractivity contribution in [2.24, 2.45) is 5.10 Å². The number of carbonyl (C=O) groups excluding carboxylic acids is 3. The molecule has 0 unspecified atom stereocenters. The van der Waals surface area contributed by atoms with Crippen LogP contribution in [0.3, 0.4) is 0 Å². The van der Waals surface area contributed by atoms with Crippen LogP contribution in [0.25, 0.3) is 0 Å². The van der Waals surface area contributed by atoms with Crippen LogP contribution in [-0.4, -0.2) is 28.9 Å². The fourth-order valence-corrected chi connectivity index (χ4v) is 2.98. The standard InChI is InChI=1S/C22H15Cl2N5O5/c23-14-6-8-15(9-7-14)26-20(30)16-3-1-2-4-18(16)27-21(31)22(32)28-25-12-13-5-10-17(24)19(11-13)29(33)34/h1-12H,(H,26,30)(H,27,31)(H,28,32). The first-order valence-corrected chi connectivity index (χ1v) is 10.2. The van der Waals surface area contributed by atoms with Crippen molar-refractivity contribution < 1.29 is 19.3 Å². The number of nitro benzene ring substituents is 1. The normalized spacial score (nSPS) is 10.5. The quantitative estimate of drug-likeness (QED) is 0.201. The van der Waals surface area contributed by atoms with Gasteiger partial charge in [-0.1, -0.05) is 41.4 Å². The molecule has 12 heteroatoms. The molecule has 0 aliphatic heterocycles. The van der Waals surface area contributed by atoms with Crippen LogP contribution in [0.2, 0.25) is 10.0 Å². The third-order valence-corrected chi connectivity index (χ3v) is 4.85. The molecule has 0 bridgehead atoms. The van der Waals surface area contributed by atoms with Crippen molar-refractivity contribution in [3.05, 3.63) is 98.0 Å². The number of hydrogen-bond acceptors (Lipinski definition) is 6. The van der Waals surface area contributed by atoms with Crippen LogP contribution in [-0.2, 0) is 9.59 Å². The first-order chi connectivity index (χ1) is 16.2. The summed E-state index contributed by atoms with van der Waals surface area (Å²) in [6, 6.07) is 16.5. The van der Waals surface area contributed by atoms with Crippen molar-refractivity contribution >= 4 is 64.2 Å². The lowest BCUT2D eigenvalue weighted by Crippen LogP contribution is -2.33. The molecule has 0 saturated carbocycles. The van der Waals surface area contributed by atoms with Gasteiger partial charge < -0.3 is 10.6 Å². The number of anilines is 2. The second-order valence-corrected chi connectivity index (χ2v) is 7.47. The predicted molar refractivity (Wildman–Crippen MR) is 128 cm³/mol. The van der Waals surface area contributed by atoms with E-state index in [-0.39, 0.29) is 27.5 Å². The molecular weight excluding hydrogens is 485 g/mol. The Labute approximate surface area is 202 Å². The molecule has 172 valence electrons. The van der Waals surface area contributed by atoms with Crippen molar-refractivity contribution in [1.29, 1.82) is 0 Å². The minimum absolute atomic E-state index is 0.0515. The van der Waals surface area contributed by atoms with Gasteiger partial charge >= 0.3 is 11.8 Å². The number of rotatable bonds is 6. The fraction of sp³-hybridized carbons (Fsp3) is 0. The number of nitrogens with one attached hydrogen (secondary N) is 3. The summed E-state index contributed by atoms with van der Waals surface area (Å²) in [6.07, 6.45) is 1.11. The van der Waals surface area contributed by atoms with Gasteiger partial charge in [0.15, 0.2) is 0 Å². The number of nitro groups is 1. The Kier molecular flexibility index (Phi) is 7.91. The summed E-state index contributed by atoms with van der Waals surface area (Å²) < 4.78 is 0. The number of carbonyl (C=O) groups is 3. The molecule has 0 aromatic heterocycles. The number of para-hydroxylation sites is 1. The van der Waals surface area contributed by atoms with Gasteiger partial charge in [-0.25, -0.2) is 5.43 Å². The Morgan fingerprint density at radius 1 is 0.912 bits per heavy atom. The maximum Gasteiger partial charge on any atom is 0.329 e. The Hall–Kier alpha value is -4.28. The van der Waals surface area contributed by atoms with E-state index in [1.54, 1.807) is 36.4 Å². The Bertz CT molecular complexity index is 1300. The summed E-state index contributed by atoms with van der Waals surface area (Å²) in [5.41, 5.74) is 2.67. The van der Waals surface area contributed by atoms with E-state index >= 15 is 0 Å². The molecule has 3 aromatic rings. The molecule has 0 aliphatic carbocycles. The van der Waals surface area contributed by atoms with Crippen molar-refractivity contribution in [2.75, 3.05) is 10.6 Å². The first kappa shape index (κ1) is 24.4. The third kappa shape index (κ3) is 6.37. The zero-order valence-corrected chi connectivity index (χ0v) is 18.6. The lowest BCUT2D eigenvalue weighted by Gasteiger charge is -2.11. The maximum atomic E-state index is 12.6. The van der Waals surface area contributed by atoms with Crippen molar-refractivity contribution in [3.8, 4) is 0 Å². The van der Waals surface area contributed by atoms with E-state index in [0.717, 1.165) is 12.3 Å². The lowest BCUT2D eigenvalue weighted by atomic mass is 10.1. The topological polar surface area (TPSA) is 143 Å². The molecule has 0 radical (unpaired) electrons. The van der Waals surface area contributed by atoms with Gasteiger partial charge in [0.1, 0.15) is 5.02 Å². The first-order valence-electron chi connectivity index (χ1n) is 9.49. The maximum absolute atomic E-state index is 12.6. The highest BCUT2D eigenvalue weighted by atomic mass is 35.5. The summed E-state index contributed by atoms with van der Waals surface area (Å²) >= 11 is 11.6. The highest BCUT2D eigenvalue weighted by Crippen LogP contribution is 2.24. The Balaban J connectivity index is 1.64. The molecule has 3 N–H and O–H groups in total. The van der Waals surface area contributed by atoms with Crippen LogP contribution >= 0.6 is 23.2 Å². The molecule has 0 aliphatic rings. The van der Waals surface area contributed by atoms with E-state index in [1.807, 2.05) is 5.43 Å². The van der Waals surface area contributed by atoms with Crippen LogP contribution in [0, 0.1) is 10.1 Å². The van der Waals surface area contributed by atoms with Gasteiger partial charge in [0.05, 0.1) is 22.4 Å². The van der Waals surface area contributed by atoms with Gasteiger partial charge in [0.25, 0.3) is 11.6 Å². The molecule has 10 nitrogen and oxygen atoms in total. The van der Waals surface area contributed by atoms with Gasteiger partial charge in [-0.05, 0) is 42.5 Å². The van der Waals surface area contributed by atoms with Crippen LogP contribution < -0.4 is 16.1 Å². The summed E-state index contributed by atoms with van der Waals surface area (Å²) in [5.74, 6) is -2.71. The van der Waals surface area contributed by atoms with Crippen LogP contribution in [0.5, 0.6) is 0 Å². The van der Waals surface area contributed by atoms with E-state index in [0.29, 0.717) is 10.7 Å². The summed E-state index contributed by atoms with van der Waals surface area (Å²) in [7, 11) is 0. The lowest BCUT2D eigenvalue weighted by molar-refractivity contribution is -0.384. The van der Waals surface area contributed by atoms with Crippen LogP contribution in [0.4, 0.5) is 17.1 Å². The monoisotopic (exact) mass is 499 g/mol. The highest BCUT2D eigenvalue weighted by Gasteiger charge is 2.18. The molecule has 3 rings (SSSR count). The zero-order valence-electron chi connectivity index (χ0n) is 17.1. The average Bonchev–Trinajstić information content (AvgIpc) is 2.81. The Morgan fingerprint density at radius 2 is 1.62 bits per heavy atom. The molecule has 3 amide bonds. The van der Waals surface area contributed by atoms with Gasteiger partial charge in [0.2, 0.25) is 0 Å². The molecule has 0 spiro atoms. The molecule has 0 atom stereocenters. The summed E-state index contributed by atoms with van der Waals surface area (Å²) in [5, 5.41) is 20.0. The molecule has 34 heavy (non-hydrogen) atoms. The van der Waals surface area contributed by atoms with Crippen molar-refractivity contribution in [3.63, 3.8) is 0 Å². The summed E-state index contributed by atoms with van der Waals surface area (Å²) in [6.45, 7) is 0. The zero-order chi connectivity index (χ0) is 24.7. The number of hydrogen-bond donors (Lipinski definition) is 3. The van der Waals surface area contributed by atoms with Crippen LogP contribution in [0.1, 0.15) is 15.9 Å². The van der Waals surface area contributed by atoms with Gasteiger partial charge in [-0.3, -0.25) is 24.5 Å². The Morgan fingerprint density at radius 3 is 2.32 bits per heavy atom. The molecular formula is C22H15Cl2N5O5. The number of halogens is 2. The predicted octanol–water partition coefficient (Wildman–Crippen LogP) is 4.24. The van der Waals surface area contributed by atoms with Crippen molar-refractivity contribution in [2.45, 2.75) is 0 Å². The molecule has 0 fully saturated rings. The number of nitrogens with zero attached hydrogens (tertiary/aromatic N) is 2. The number of amides is 3. The minimum Gasteiger partial charge on any atom is -0.322 e. The average molecular weight is 500 g/mol. The van der Waals surface area contributed by atoms with Crippen LogP contribution in [0.15, 0.2) is 71.8 Å². The number of hydrazone groups is 1. The van der Waals surface area contributed by atoms with Gasteiger partial charge in [0, 0.05) is 22.3 Å². The van der Waals surface area contributed by atoms with Gasteiger partial charge in [-0.15, -0.1) is 0 Å². The SMILES string of the molecule is O=C(NN=Cc1ccc(Cl)c([N+](=O)[O-])c1)C(=O)Nc1ccccc1C(=O)Nc1ccc(Cl)cc1. The van der Waals surface area contributed by atoms with E-state index in [2.05, 4.69) is 15.7 Å². The fourth-order valence-electron chi connectivity index (χ4n) is 2.67. The second-order valence-electron chi connectivity index (χ2n) is 6.63. The van der Waals surface area contributed by atoms with E-state index in [9.17, 15) is 24.5 Å². The van der Waals surface area contributed by atoms with Gasteiger partial charge in [-0.2, -0.15) is 5.10 Å². The number of benzene rings is 3.